The van der Waals surface area contributed by atoms with Gasteiger partial charge in [0.05, 0.1) is 0 Å². The summed E-state index contributed by atoms with van der Waals surface area (Å²) in [5.74, 6) is -0.00808. The van der Waals surface area contributed by atoms with E-state index in [2.05, 4.69) is 10.7 Å². The molecule has 2 N–H and O–H groups in total. The summed E-state index contributed by atoms with van der Waals surface area (Å²) in [7, 11) is 3.48. The Morgan fingerprint density at radius 2 is 2.17 bits per heavy atom. The van der Waals surface area contributed by atoms with E-state index in [-0.39, 0.29) is 5.78 Å². The molecule has 0 atom stereocenters. The highest BCUT2D eigenvalue weighted by Gasteiger charge is 1.95. The lowest BCUT2D eigenvalue weighted by Gasteiger charge is -2.18. The quantitative estimate of drug-likeness (QED) is 0.371. The molecule has 0 aromatic rings. The topological polar surface area (TPSA) is 44.4 Å². The molecule has 0 heterocycles. The number of nitrogens with one attached hydrogen (secondary N) is 2. The van der Waals surface area contributed by atoms with Gasteiger partial charge in [-0.2, -0.15) is 0 Å². The van der Waals surface area contributed by atoms with E-state index in [9.17, 15) is 4.79 Å². The zero-order chi connectivity index (χ0) is 9.56. The fraction of sp³-hybridized carbons (Fsp3) is 0.429. The normalized spacial score (nSPS) is 9.58. The lowest BCUT2D eigenvalue weighted by molar-refractivity contribution is -0.112. The largest absolute Gasteiger partial charge is 0.364 e. The first-order valence-corrected chi connectivity index (χ1v) is 3.87. The van der Waals surface area contributed by atoms with Gasteiger partial charge in [-0.05, 0) is 25.2 Å². The Morgan fingerprint density at radius 3 is 2.58 bits per heavy atom. The number of allylic oxidation sites excluding steroid dienone is 1. The third-order valence-corrected chi connectivity index (χ3v) is 1.58. The van der Waals surface area contributed by atoms with Gasteiger partial charge < -0.3 is 10.7 Å². The number of hydrogen-bond acceptors (Lipinski definition) is 3. The number of carbonyl (C=O) groups excluding carboxylic acids is 1. The Balaban J connectivity index is 3.78. The fourth-order valence-electron chi connectivity index (χ4n) is 0.493. The van der Waals surface area contributed by atoms with Crippen LogP contribution in [-0.4, -0.2) is 30.0 Å². The van der Waals surface area contributed by atoms with Crippen LogP contribution in [0.1, 0.15) is 6.92 Å². The Morgan fingerprint density at radius 1 is 1.58 bits per heavy atom. The number of ketones is 1. The van der Waals surface area contributed by atoms with E-state index >= 15 is 0 Å². The second-order valence-electron chi connectivity index (χ2n) is 2.19. The van der Waals surface area contributed by atoms with Crippen molar-refractivity contribution in [3.8, 4) is 0 Å². The van der Waals surface area contributed by atoms with Crippen molar-refractivity contribution in [1.29, 1.82) is 0 Å². The molecule has 0 saturated carbocycles. The molecule has 0 bridgehead atoms. The van der Waals surface area contributed by atoms with Crippen LogP contribution in [0.25, 0.3) is 0 Å². The molecule has 0 rings (SSSR count). The molecule has 12 heavy (non-hydrogen) atoms. The summed E-state index contributed by atoms with van der Waals surface area (Å²) in [6.07, 6.45) is 2.96. The molecular formula is C7H13N3OS. The molecule has 0 spiro atoms. The summed E-state index contributed by atoms with van der Waals surface area (Å²) in [6.45, 7) is 1.48. The van der Waals surface area contributed by atoms with E-state index in [1.807, 2.05) is 0 Å². The van der Waals surface area contributed by atoms with Gasteiger partial charge in [0.15, 0.2) is 10.9 Å². The average molecular weight is 187 g/mol. The summed E-state index contributed by atoms with van der Waals surface area (Å²) in [4.78, 5) is 10.5. The third-order valence-electron chi connectivity index (χ3n) is 1.10. The van der Waals surface area contributed by atoms with Crippen molar-refractivity contribution >= 4 is 23.1 Å². The van der Waals surface area contributed by atoms with Gasteiger partial charge in [-0.15, -0.1) is 0 Å². The van der Waals surface area contributed by atoms with E-state index < -0.39 is 0 Å². The molecule has 68 valence electrons. The summed E-state index contributed by atoms with van der Waals surface area (Å²) < 4.78 is 0. The maximum atomic E-state index is 10.5. The van der Waals surface area contributed by atoms with Gasteiger partial charge in [-0.3, -0.25) is 9.80 Å². The van der Waals surface area contributed by atoms with Crippen LogP contribution in [0.3, 0.4) is 0 Å². The standard InChI is InChI=1S/C7H13N3OS/c1-6(11)4-5-9-10(3)7(12)8-2/h4-5,9H,1-3H3,(H,8,12)/b5-4-. The number of nitrogens with zero attached hydrogens (tertiary/aromatic N) is 1. The maximum Gasteiger partial charge on any atom is 0.187 e. The van der Waals surface area contributed by atoms with Crippen LogP contribution < -0.4 is 10.7 Å². The molecule has 4 nitrogen and oxygen atoms in total. The highest BCUT2D eigenvalue weighted by Crippen LogP contribution is 1.78. The van der Waals surface area contributed by atoms with Crippen LogP contribution in [0.5, 0.6) is 0 Å². The summed E-state index contributed by atoms with van der Waals surface area (Å²) >= 11 is 4.89. The highest BCUT2D eigenvalue weighted by molar-refractivity contribution is 7.80. The first-order valence-electron chi connectivity index (χ1n) is 3.46. The van der Waals surface area contributed by atoms with Crippen LogP contribution >= 0.6 is 12.2 Å². The number of hydrazine groups is 1. The molecule has 0 aliphatic heterocycles. The van der Waals surface area contributed by atoms with E-state index in [0.29, 0.717) is 5.11 Å². The van der Waals surface area contributed by atoms with Gasteiger partial charge in [-0.25, -0.2) is 0 Å². The van der Waals surface area contributed by atoms with Crippen molar-refractivity contribution in [3.63, 3.8) is 0 Å². The number of rotatable bonds is 3. The SMILES string of the molecule is CNC(=S)N(C)N/C=C\C(C)=O. The highest BCUT2D eigenvalue weighted by atomic mass is 32.1. The summed E-state index contributed by atoms with van der Waals surface area (Å²) in [6, 6.07) is 0. The van der Waals surface area contributed by atoms with Crippen LogP contribution in [0.15, 0.2) is 12.3 Å². The van der Waals surface area contributed by atoms with Crippen LogP contribution in [0.4, 0.5) is 0 Å². The zero-order valence-corrected chi connectivity index (χ0v) is 8.23. The number of thiocarbonyl (C=S) groups is 1. The molecule has 5 heteroatoms. The van der Waals surface area contributed by atoms with Crippen LogP contribution in [0, 0.1) is 0 Å². The average Bonchev–Trinajstić information content (AvgIpc) is 2.02. The minimum absolute atomic E-state index is 0.00808. The predicted octanol–water partition coefficient (Wildman–Crippen LogP) is 0.0298. The van der Waals surface area contributed by atoms with Gasteiger partial charge in [-0.1, -0.05) is 0 Å². The summed E-state index contributed by atoms with van der Waals surface area (Å²) in [5.41, 5.74) is 2.79. The lowest BCUT2D eigenvalue weighted by Crippen LogP contribution is -2.41. The minimum Gasteiger partial charge on any atom is -0.364 e. The molecular weight excluding hydrogens is 174 g/mol. The Labute approximate surface area is 77.6 Å². The first kappa shape index (κ1) is 10.9. The molecule has 0 aromatic heterocycles. The molecule has 0 saturated heterocycles. The van der Waals surface area contributed by atoms with E-state index in [4.69, 9.17) is 12.2 Å². The Bertz CT molecular complexity index is 203. The molecule has 0 aromatic carbocycles. The van der Waals surface area contributed by atoms with Gasteiger partial charge in [0.2, 0.25) is 0 Å². The second-order valence-corrected chi connectivity index (χ2v) is 2.57. The Kier molecular flexibility index (Phi) is 5.03. The van der Waals surface area contributed by atoms with E-state index in [1.165, 1.54) is 19.2 Å². The van der Waals surface area contributed by atoms with Crippen molar-refractivity contribution in [2.45, 2.75) is 6.92 Å². The van der Waals surface area contributed by atoms with Crippen molar-refractivity contribution in [3.05, 3.63) is 12.3 Å². The molecule has 0 unspecified atom stereocenters. The fourth-order valence-corrected chi connectivity index (χ4v) is 0.545. The van der Waals surface area contributed by atoms with Crippen LogP contribution in [0.2, 0.25) is 0 Å². The summed E-state index contributed by atoms with van der Waals surface area (Å²) in [5, 5.41) is 4.93. The smallest absolute Gasteiger partial charge is 0.187 e. The monoisotopic (exact) mass is 187 g/mol. The number of carbonyl (C=O) groups is 1. The third kappa shape index (κ3) is 4.68. The van der Waals surface area contributed by atoms with E-state index in [0.717, 1.165) is 0 Å². The minimum atomic E-state index is -0.00808. The van der Waals surface area contributed by atoms with Crippen molar-refractivity contribution in [1.82, 2.24) is 15.8 Å². The molecule has 0 fully saturated rings. The van der Waals surface area contributed by atoms with Crippen molar-refractivity contribution < 1.29 is 4.79 Å². The van der Waals surface area contributed by atoms with Crippen molar-refractivity contribution in [2.75, 3.05) is 14.1 Å². The van der Waals surface area contributed by atoms with Gasteiger partial charge in [0.1, 0.15) is 0 Å². The molecule has 0 aliphatic carbocycles. The first-order chi connectivity index (χ1) is 5.57. The van der Waals surface area contributed by atoms with Gasteiger partial charge in [0, 0.05) is 20.3 Å². The van der Waals surface area contributed by atoms with Gasteiger partial charge >= 0.3 is 0 Å². The van der Waals surface area contributed by atoms with Crippen LogP contribution in [-0.2, 0) is 4.79 Å². The lowest BCUT2D eigenvalue weighted by atomic mass is 10.4. The van der Waals surface area contributed by atoms with E-state index in [1.54, 1.807) is 19.1 Å². The molecule has 0 amide bonds. The maximum absolute atomic E-state index is 10.5. The van der Waals surface area contributed by atoms with Crippen molar-refractivity contribution in [2.24, 2.45) is 0 Å². The Hall–Kier alpha value is -1.10. The second kappa shape index (κ2) is 5.54. The zero-order valence-electron chi connectivity index (χ0n) is 7.42. The van der Waals surface area contributed by atoms with Gasteiger partial charge in [0.25, 0.3) is 0 Å². The number of hydrogen-bond donors (Lipinski definition) is 2. The molecule has 0 radical (unpaired) electrons. The molecule has 0 aliphatic rings. The predicted molar refractivity (Wildman–Crippen MR) is 52.4 cm³/mol.